The fourth-order valence-electron chi connectivity index (χ4n) is 2.46. The molecule has 0 atom stereocenters. The van der Waals surface area contributed by atoms with Crippen LogP contribution in [-0.2, 0) is 0 Å². The Labute approximate surface area is 175 Å². The van der Waals surface area contributed by atoms with Gasteiger partial charge in [-0.1, -0.05) is 41.4 Å². The normalized spacial score (nSPS) is 10.6. The third-order valence-corrected chi connectivity index (χ3v) is 4.27. The summed E-state index contributed by atoms with van der Waals surface area (Å²) in [7, 11) is 0. The van der Waals surface area contributed by atoms with Gasteiger partial charge in [0.1, 0.15) is 0 Å². The van der Waals surface area contributed by atoms with E-state index in [4.69, 9.17) is 23.2 Å². The molecule has 1 amide bonds. The number of carbonyl (C=O) groups is 1. The van der Waals surface area contributed by atoms with Gasteiger partial charge >= 0.3 is 0 Å². The van der Waals surface area contributed by atoms with Gasteiger partial charge < -0.3 is 10.6 Å². The minimum atomic E-state index is -0.341. The van der Waals surface area contributed by atoms with Crippen LogP contribution in [0.2, 0.25) is 10.0 Å². The van der Waals surface area contributed by atoms with Crippen molar-refractivity contribution in [2.75, 3.05) is 10.6 Å². The lowest BCUT2D eigenvalue weighted by Gasteiger charge is -2.05. The SMILES string of the molecule is O=C(Nc1ccccc1)c1ccc(Nc2cnn(-c3ncc(Cl)cc3Cl)c2)nn1. The summed E-state index contributed by atoms with van der Waals surface area (Å²) < 4.78 is 1.51. The third-order valence-electron chi connectivity index (χ3n) is 3.79. The van der Waals surface area contributed by atoms with E-state index in [2.05, 4.69) is 30.9 Å². The number of carbonyl (C=O) groups excluding carboxylic acids is 1. The fraction of sp³-hybridized carbons (Fsp3) is 0. The molecule has 144 valence electrons. The number of amides is 1. The van der Waals surface area contributed by atoms with Crippen molar-refractivity contribution in [3.05, 3.63) is 82.9 Å². The Bertz CT molecular complexity index is 1150. The number of rotatable bonds is 5. The monoisotopic (exact) mass is 425 g/mol. The Kier molecular flexibility index (Phi) is 5.37. The molecule has 0 aliphatic rings. The lowest BCUT2D eigenvalue weighted by Crippen LogP contribution is -2.14. The smallest absolute Gasteiger partial charge is 0.276 e. The van der Waals surface area contributed by atoms with Gasteiger partial charge in [0.2, 0.25) is 0 Å². The van der Waals surface area contributed by atoms with Crippen molar-refractivity contribution in [3.8, 4) is 5.82 Å². The number of anilines is 3. The molecule has 0 spiro atoms. The number of nitrogens with zero attached hydrogens (tertiary/aromatic N) is 5. The number of hydrogen-bond acceptors (Lipinski definition) is 6. The first-order chi connectivity index (χ1) is 14.1. The molecule has 4 aromatic rings. The predicted molar refractivity (Wildman–Crippen MR) is 111 cm³/mol. The van der Waals surface area contributed by atoms with Crippen LogP contribution in [0.15, 0.2) is 67.1 Å². The summed E-state index contributed by atoms with van der Waals surface area (Å²) in [6.07, 6.45) is 4.77. The summed E-state index contributed by atoms with van der Waals surface area (Å²) in [5.41, 5.74) is 1.53. The fourth-order valence-corrected chi connectivity index (χ4v) is 2.93. The average Bonchev–Trinajstić information content (AvgIpc) is 3.17. The molecule has 8 nitrogen and oxygen atoms in total. The molecule has 1 aromatic carbocycles. The van der Waals surface area contributed by atoms with E-state index < -0.39 is 0 Å². The van der Waals surface area contributed by atoms with Crippen molar-refractivity contribution in [2.24, 2.45) is 0 Å². The van der Waals surface area contributed by atoms with Crippen LogP contribution in [0.4, 0.5) is 17.2 Å². The Morgan fingerprint density at radius 2 is 1.79 bits per heavy atom. The largest absolute Gasteiger partial charge is 0.336 e. The average molecular weight is 426 g/mol. The zero-order valence-corrected chi connectivity index (χ0v) is 16.3. The molecule has 0 saturated heterocycles. The highest BCUT2D eigenvalue weighted by Gasteiger charge is 2.10. The standard InChI is InChI=1S/C19H13Cl2N7O/c20-12-8-15(21)18(22-9-12)28-11-14(10-23-28)24-17-7-6-16(26-27-17)19(29)25-13-4-2-1-3-5-13/h1-11H,(H,24,27)(H,25,29). The highest BCUT2D eigenvalue weighted by molar-refractivity contribution is 6.35. The van der Waals surface area contributed by atoms with E-state index in [0.29, 0.717) is 33.1 Å². The van der Waals surface area contributed by atoms with Crippen LogP contribution in [0.3, 0.4) is 0 Å². The Hall–Kier alpha value is -3.49. The number of halogens is 2. The van der Waals surface area contributed by atoms with E-state index in [1.807, 2.05) is 18.2 Å². The van der Waals surface area contributed by atoms with Crippen molar-refractivity contribution in [1.29, 1.82) is 0 Å². The topological polar surface area (TPSA) is 97.6 Å². The predicted octanol–water partition coefficient (Wildman–Crippen LogP) is 4.36. The summed E-state index contributed by atoms with van der Waals surface area (Å²) in [5.74, 6) is 0.561. The zero-order chi connectivity index (χ0) is 20.2. The minimum Gasteiger partial charge on any atom is -0.336 e. The van der Waals surface area contributed by atoms with Crippen molar-refractivity contribution >= 4 is 46.3 Å². The van der Waals surface area contributed by atoms with Crippen molar-refractivity contribution < 1.29 is 4.79 Å². The van der Waals surface area contributed by atoms with E-state index in [1.165, 1.54) is 10.9 Å². The molecule has 3 aromatic heterocycles. The van der Waals surface area contributed by atoms with E-state index in [9.17, 15) is 4.79 Å². The number of pyridine rings is 1. The Morgan fingerprint density at radius 1 is 0.966 bits per heavy atom. The van der Waals surface area contributed by atoms with Crippen molar-refractivity contribution in [2.45, 2.75) is 0 Å². The van der Waals surface area contributed by atoms with E-state index in [0.717, 1.165) is 0 Å². The lowest BCUT2D eigenvalue weighted by molar-refractivity contribution is 0.102. The summed E-state index contributed by atoms with van der Waals surface area (Å²) in [4.78, 5) is 16.4. The molecule has 0 bridgehead atoms. The molecule has 2 N–H and O–H groups in total. The maximum absolute atomic E-state index is 12.2. The van der Waals surface area contributed by atoms with Crippen LogP contribution in [0, 0.1) is 0 Å². The van der Waals surface area contributed by atoms with Gasteiger partial charge in [-0.05, 0) is 30.3 Å². The van der Waals surface area contributed by atoms with Crippen molar-refractivity contribution in [1.82, 2.24) is 25.0 Å². The first kappa shape index (κ1) is 18.9. The zero-order valence-electron chi connectivity index (χ0n) is 14.8. The third kappa shape index (κ3) is 4.50. The molecule has 0 aliphatic heterocycles. The number of aromatic nitrogens is 5. The van der Waals surface area contributed by atoms with E-state index in [1.54, 1.807) is 42.7 Å². The molecule has 29 heavy (non-hydrogen) atoms. The maximum Gasteiger partial charge on any atom is 0.276 e. The van der Waals surface area contributed by atoms with E-state index >= 15 is 0 Å². The van der Waals surface area contributed by atoms with Gasteiger partial charge in [-0.25, -0.2) is 9.67 Å². The van der Waals surface area contributed by atoms with Gasteiger partial charge in [-0.15, -0.1) is 10.2 Å². The molecule has 0 unspecified atom stereocenters. The molecule has 0 saturated carbocycles. The van der Waals surface area contributed by atoms with Crippen LogP contribution < -0.4 is 10.6 Å². The first-order valence-corrected chi connectivity index (χ1v) is 9.17. The second-order valence-corrected chi connectivity index (χ2v) is 6.73. The Balaban J connectivity index is 1.44. The molecule has 4 rings (SSSR count). The molecule has 0 fully saturated rings. The van der Waals surface area contributed by atoms with Crippen LogP contribution in [0.25, 0.3) is 5.82 Å². The van der Waals surface area contributed by atoms with Gasteiger partial charge in [0.05, 0.1) is 28.1 Å². The highest BCUT2D eigenvalue weighted by Crippen LogP contribution is 2.23. The summed E-state index contributed by atoms with van der Waals surface area (Å²) >= 11 is 12.0. The van der Waals surface area contributed by atoms with Crippen LogP contribution in [0.5, 0.6) is 0 Å². The molecule has 10 heteroatoms. The molecule has 0 radical (unpaired) electrons. The Morgan fingerprint density at radius 3 is 2.52 bits per heavy atom. The van der Waals surface area contributed by atoms with Crippen molar-refractivity contribution in [3.63, 3.8) is 0 Å². The maximum atomic E-state index is 12.2. The van der Waals surface area contributed by atoms with Gasteiger partial charge in [0, 0.05) is 11.9 Å². The van der Waals surface area contributed by atoms with Gasteiger partial charge in [-0.2, -0.15) is 5.10 Å². The second-order valence-electron chi connectivity index (χ2n) is 5.88. The minimum absolute atomic E-state index is 0.201. The summed E-state index contributed by atoms with van der Waals surface area (Å²) in [5, 5.41) is 18.8. The first-order valence-electron chi connectivity index (χ1n) is 8.42. The second kappa shape index (κ2) is 8.26. The quantitative estimate of drug-likeness (QED) is 0.492. The molecular weight excluding hydrogens is 413 g/mol. The van der Waals surface area contributed by atoms with Crippen LogP contribution >= 0.6 is 23.2 Å². The molecule has 0 aliphatic carbocycles. The number of benzene rings is 1. The lowest BCUT2D eigenvalue weighted by atomic mass is 10.3. The van der Waals surface area contributed by atoms with Crippen LogP contribution in [-0.4, -0.2) is 30.9 Å². The number of nitrogens with one attached hydrogen (secondary N) is 2. The van der Waals surface area contributed by atoms with Gasteiger partial charge in [-0.3, -0.25) is 4.79 Å². The number of para-hydroxylation sites is 1. The van der Waals surface area contributed by atoms with Gasteiger partial charge in [0.15, 0.2) is 17.3 Å². The van der Waals surface area contributed by atoms with E-state index in [-0.39, 0.29) is 11.6 Å². The molecular formula is C19H13Cl2N7O. The summed E-state index contributed by atoms with van der Waals surface area (Å²) in [6.45, 7) is 0. The summed E-state index contributed by atoms with van der Waals surface area (Å²) in [6, 6.07) is 13.9. The van der Waals surface area contributed by atoms with Crippen LogP contribution in [0.1, 0.15) is 10.5 Å². The van der Waals surface area contributed by atoms with Gasteiger partial charge in [0.25, 0.3) is 5.91 Å². The molecule has 3 heterocycles. The highest BCUT2D eigenvalue weighted by atomic mass is 35.5. The number of hydrogen-bond donors (Lipinski definition) is 2.